The predicted molar refractivity (Wildman–Crippen MR) is 172 cm³/mol. The molecule has 1 aliphatic heterocycles. The number of amidine groups is 1. The van der Waals surface area contributed by atoms with Crippen LogP contribution >= 0.6 is 12.4 Å². The Morgan fingerprint density at radius 2 is 1.75 bits per heavy atom. The molecule has 3 aromatic carbocycles. The van der Waals surface area contributed by atoms with Crippen molar-refractivity contribution in [3.05, 3.63) is 83.4 Å². The van der Waals surface area contributed by atoms with Gasteiger partial charge in [-0.3, -0.25) is 24.5 Å². The molecule has 1 heterocycles. The maximum atomic E-state index is 13.4. The van der Waals surface area contributed by atoms with Crippen LogP contribution in [0.1, 0.15) is 49.3 Å². The highest BCUT2D eigenvalue weighted by Gasteiger charge is 2.24. The second kappa shape index (κ2) is 15.3. The first-order valence-corrected chi connectivity index (χ1v) is 15.5. The monoisotopic (exact) mass is 641 g/mol. The quantitative estimate of drug-likeness (QED) is 0.129. The van der Waals surface area contributed by atoms with Crippen LogP contribution in [0.25, 0.3) is 0 Å². The largest absolute Gasteiger partial charge is 0.466 e. The highest BCUT2D eigenvalue weighted by molar-refractivity contribution is 7.92. The fourth-order valence-corrected chi connectivity index (χ4v) is 5.92. The summed E-state index contributed by atoms with van der Waals surface area (Å²) in [7, 11) is -3.75. The fourth-order valence-electron chi connectivity index (χ4n) is 4.85. The molecule has 3 aromatic rings. The zero-order valence-electron chi connectivity index (χ0n) is 24.3. The molecular weight excluding hydrogens is 606 g/mol. The summed E-state index contributed by atoms with van der Waals surface area (Å²) in [6, 6.07) is 18.2. The number of benzene rings is 3. The van der Waals surface area contributed by atoms with Gasteiger partial charge in [0.1, 0.15) is 5.84 Å². The summed E-state index contributed by atoms with van der Waals surface area (Å²) in [6.45, 7) is 2.45. The lowest BCUT2D eigenvalue weighted by Crippen LogP contribution is -2.35. The van der Waals surface area contributed by atoms with Crippen LogP contribution in [0.5, 0.6) is 0 Å². The molecule has 5 N–H and O–H groups in total. The van der Waals surface area contributed by atoms with E-state index in [0.29, 0.717) is 41.9 Å². The lowest BCUT2D eigenvalue weighted by Gasteiger charge is -2.30. The number of hydrogen-bond donors (Lipinski definition) is 4. The van der Waals surface area contributed by atoms with Gasteiger partial charge in [0.25, 0.3) is 10.0 Å². The van der Waals surface area contributed by atoms with Gasteiger partial charge in [-0.25, -0.2) is 8.42 Å². The van der Waals surface area contributed by atoms with Crippen LogP contribution in [0, 0.1) is 5.41 Å². The van der Waals surface area contributed by atoms with Crippen LogP contribution in [-0.4, -0.2) is 45.2 Å². The standard InChI is InChI=1S/C31H35N5O6S.ClH/c1-2-42-30(39)17-15-28(37)34-26-20-23(31(32)33)11-10-21(26)12-16-29(38)36-18-6-7-22-19-24(13-14-27(22)36)35-43(40,41)25-8-4-3-5-9-25;/h3-5,8-11,13-14,19-20,35H,2,6-7,12,15-18H2,1H3,(H3,32,33)(H,34,37);1H. The smallest absolute Gasteiger partial charge is 0.306 e. The van der Waals surface area contributed by atoms with Crippen molar-refractivity contribution in [3.8, 4) is 0 Å². The van der Waals surface area contributed by atoms with Gasteiger partial charge in [0.05, 0.1) is 17.9 Å². The van der Waals surface area contributed by atoms with Crippen molar-refractivity contribution in [1.82, 2.24) is 0 Å². The van der Waals surface area contributed by atoms with Gasteiger partial charge in [-0.1, -0.05) is 30.3 Å². The molecule has 0 fully saturated rings. The molecule has 4 rings (SSSR count). The number of amides is 2. The third-order valence-electron chi connectivity index (χ3n) is 6.97. The van der Waals surface area contributed by atoms with Crippen LogP contribution in [-0.2, 0) is 42.0 Å². The van der Waals surface area contributed by atoms with Crippen molar-refractivity contribution in [2.24, 2.45) is 5.73 Å². The molecular formula is C31H36ClN5O6S. The predicted octanol–water partition coefficient (Wildman–Crippen LogP) is 4.39. The molecule has 0 bridgehead atoms. The van der Waals surface area contributed by atoms with Crippen molar-refractivity contribution in [1.29, 1.82) is 5.41 Å². The first kappa shape index (κ1) is 34.1. The molecule has 1 aliphatic rings. The molecule has 0 aromatic heterocycles. The van der Waals surface area contributed by atoms with Crippen LogP contribution in [0.3, 0.4) is 0 Å². The summed E-state index contributed by atoms with van der Waals surface area (Å²) in [5, 5.41) is 10.5. The van der Waals surface area contributed by atoms with E-state index in [2.05, 4.69) is 10.0 Å². The van der Waals surface area contributed by atoms with Crippen molar-refractivity contribution in [3.63, 3.8) is 0 Å². The number of esters is 1. The van der Waals surface area contributed by atoms with Crippen molar-refractivity contribution in [2.75, 3.05) is 28.1 Å². The number of nitrogens with zero attached hydrogens (tertiary/aromatic N) is 1. The van der Waals surface area contributed by atoms with E-state index in [9.17, 15) is 22.8 Å². The van der Waals surface area contributed by atoms with Crippen molar-refractivity contribution >= 4 is 63.1 Å². The number of carbonyl (C=O) groups is 3. The van der Waals surface area contributed by atoms with Gasteiger partial charge in [0.15, 0.2) is 0 Å². The van der Waals surface area contributed by atoms with Crippen LogP contribution in [0.15, 0.2) is 71.6 Å². The molecule has 0 aliphatic carbocycles. The number of halogens is 1. The van der Waals surface area contributed by atoms with E-state index in [4.69, 9.17) is 15.9 Å². The number of nitrogen functional groups attached to an aromatic ring is 1. The summed E-state index contributed by atoms with van der Waals surface area (Å²) in [4.78, 5) is 39.5. The molecule has 0 unspecified atom stereocenters. The van der Waals surface area contributed by atoms with Crippen LogP contribution in [0.4, 0.5) is 17.1 Å². The van der Waals surface area contributed by atoms with E-state index in [0.717, 1.165) is 17.7 Å². The van der Waals surface area contributed by atoms with Gasteiger partial charge in [-0.05, 0) is 73.7 Å². The Morgan fingerprint density at radius 1 is 1.00 bits per heavy atom. The second-order valence-electron chi connectivity index (χ2n) is 10.0. The van der Waals surface area contributed by atoms with Crippen LogP contribution in [0.2, 0.25) is 0 Å². The Balaban J connectivity index is 0.00000529. The highest BCUT2D eigenvalue weighted by atomic mass is 35.5. The van der Waals surface area contributed by atoms with E-state index in [1.807, 2.05) is 0 Å². The third-order valence-corrected chi connectivity index (χ3v) is 8.37. The number of ether oxygens (including phenoxy) is 1. The number of aryl methyl sites for hydroxylation is 2. The summed E-state index contributed by atoms with van der Waals surface area (Å²) in [5.74, 6) is -1.15. The lowest BCUT2D eigenvalue weighted by molar-refractivity contribution is -0.144. The summed E-state index contributed by atoms with van der Waals surface area (Å²) < 4.78 is 33.0. The van der Waals surface area contributed by atoms with Gasteiger partial charge >= 0.3 is 5.97 Å². The van der Waals surface area contributed by atoms with Gasteiger partial charge in [-0.15, -0.1) is 12.4 Å². The summed E-state index contributed by atoms with van der Waals surface area (Å²) in [5.41, 5.74) is 9.19. The molecule has 0 saturated carbocycles. The molecule has 0 saturated heterocycles. The lowest BCUT2D eigenvalue weighted by atomic mass is 9.99. The van der Waals surface area contributed by atoms with E-state index in [-0.39, 0.29) is 54.9 Å². The number of nitrogens with one attached hydrogen (secondary N) is 3. The van der Waals surface area contributed by atoms with E-state index < -0.39 is 21.9 Å². The number of anilines is 3. The average Bonchev–Trinajstić information content (AvgIpc) is 2.99. The molecule has 0 atom stereocenters. The van der Waals surface area contributed by atoms with E-state index >= 15 is 0 Å². The van der Waals surface area contributed by atoms with Crippen LogP contribution < -0.4 is 20.7 Å². The first-order valence-electron chi connectivity index (χ1n) is 14.0. The topological polar surface area (TPSA) is 172 Å². The Kier molecular flexibility index (Phi) is 11.9. The number of nitrogens with two attached hydrogens (primary N) is 1. The average molecular weight is 642 g/mol. The molecule has 0 radical (unpaired) electrons. The number of hydrogen-bond acceptors (Lipinski definition) is 7. The minimum Gasteiger partial charge on any atom is -0.466 e. The Hall–Kier alpha value is -4.42. The molecule has 0 spiro atoms. The van der Waals surface area contributed by atoms with E-state index in [1.54, 1.807) is 66.4 Å². The molecule has 11 nitrogen and oxygen atoms in total. The number of sulfonamides is 1. The van der Waals surface area contributed by atoms with Gasteiger partial charge in [0.2, 0.25) is 11.8 Å². The van der Waals surface area contributed by atoms with Gasteiger partial charge in [0, 0.05) is 42.0 Å². The summed E-state index contributed by atoms with van der Waals surface area (Å²) >= 11 is 0. The minimum atomic E-state index is -3.75. The van der Waals surface area contributed by atoms with Gasteiger partial charge < -0.3 is 20.7 Å². The Bertz CT molecular complexity index is 1630. The first-order chi connectivity index (χ1) is 20.6. The minimum absolute atomic E-state index is 0. The SMILES string of the molecule is CCOC(=O)CCC(=O)Nc1cc(C(=N)N)ccc1CCC(=O)N1CCCc2cc(NS(=O)(=O)c3ccccc3)ccc21.Cl. The second-order valence-corrected chi connectivity index (χ2v) is 11.7. The molecule has 234 valence electrons. The Morgan fingerprint density at radius 3 is 2.45 bits per heavy atom. The number of rotatable bonds is 12. The zero-order valence-corrected chi connectivity index (χ0v) is 25.9. The summed E-state index contributed by atoms with van der Waals surface area (Å²) in [6.07, 6.45) is 1.74. The van der Waals surface area contributed by atoms with Gasteiger partial charge in [-0.2, -0.15) is 0 Å². The number of carbonyl (C=O) groups excluding carboxylic acids is 3. The maximum Gasteiger partial charge on any atom is 0.306 e. The third kappa shape index (κ3) is 8.80. The highest BCUT2D eigenvalue weighted by Crippen LogP contribution is 2.31. The normalized spacial score (nSPS) is 12.3. The fraction of sp³-hybridized carbons (Fsp3) is 0.290. The maximum absolute atomic E-state index is 13.4. The van der Waals surface area contributed by atoms with Crippen molar-refractivity contribution < 1.29 is 27.5 Å². The molecule has 13 heteroatoms. The van der Waals surface area contributed by atoms with Crippen molar-refractivity contribution in [2.45, 2.75) is 50.3 Å². The molecule has 2 amide bonds. The Labute approximate surface area is 263 Å². The number of fused-ring (bicyclic) bond motifs is 1. The molecule has 44 heavy (non-hydrogen) atoms. The zero-order chi connectivity index (χ0) is 31.0. The van der Waals surface area contributed by atoms with E-state index in [1.165, 1.54) is 12.1 Å².